The first-order valence-electron chi connectivity index (χ1n) is 5.90. The molecule has 2 aromatic rings. The van der Waals surface area contributed by atoms with Crippen LogP contribution < -0.4 is 9.47 Å². The van der Waals surface area contributed by atoms with Gasteiger partial charge in [0.05, 0.1) is 19.0 Å². The molecule has 1 atom stereocenters. The van der Waals surface area contributed by atoms with Gasteiger partial charge in [-0.3, -0.25) is 0 Å². The van der Waals surface area contributed by atoms with Gasteiger partial charge in [-0.05, 0) is 18.6 Å². The van der Waals surface area contributed by atoms with Crippen LogP contribution in [-0.2, 0) is 0 Å². The minimum absolute atomic E-state index is 0.0504. The predicted molar refractivity (Wildman–Crippen MR) is 74.8 cm³/mol. The minimum atomic E-state index is 0.0504. The molecule has 0 spiro atoms. The summed E-state index contributed by atoms with van der Waals surface area (Å²) in [6, 6.07) is 5.50. The molecule has 102 valence electrons. The number of alkyl halides is 1. The second-order valence-electron chi connectivity index (χ2n) is 3.86. The van der Waals surface area contributed by atoms with Gasteiger partial charge in [0.25, 0.3) is 5.89 Å². The number of rotatable bonds is 5. The van der Waals surface area contributed by atoms with Crippen LogP contribution in [0.4, 0.5) is 0 Å². The first kappa shape index (κ1) is 13.9. The van der Waals surface area contributed by atoms with Gasteiger partial charge in [0.15, 0.2) is 0 Å². The van der Waals surface area contributed by atoms with Gasteiger partial charge in [0, 0.05) is 0 Å². The molecule has 0 aliphatic heterocycles. The molecule has 0 aliphatic carbocycles. The number of aromatic nitrogens is 2. The van der Waals surface area contributed by atoms with Gasteiger partial charge in [-0.25, -0.2) is 0 Å². The maximum Gasteiger partial charge on any atom is 0.255 e. The van der Waals surface area contributed by atoms with Crippen molar-refractivity contribution in [1.29, 1.82) is 0 Å². The average molecular weight is 327 g/mol. The number of ether oxygens (including phenoxy) is 2. The van der Waals surface area contributed by atoms with Crippen molar-refractivity contribution in [2.45, 2.75) is 18.2 Å². The van der Waals surface area contributed by atoms with Crippen molar-refractivity contribution in [3.05, 3.63) is 24.1 Å². The van der Waals surface area contributed by atoms with E-state index in [2.05, 4.69) is 26.1 Å². The molecule has 1 aromatic heterocycles. The fraction of sp³-hybridized carbons (Fsp3) is 0.385. The summed E-state index contributed by atoms with van der Waals surface area (Å²) in [5.74, 6) is 2.21. The summed E-state index contributed by atoms with van der Waals surface area (Å²) < 4.78 is 16.3. The van der Waals surface area contributed by atoms with Crippen molar-refractivity contribution >= 4 is 15.9 Å². The molecule has 2 rings (SSSR count). The Labute approximate surface area is 120 Å². The van der Waals surface area contributed by atoms with E-state index < -0.39 is 0 Å². The Hall–Kier alpha value is -1.56. The number of hydrogen-bond acceptors (Lipinski definition) is 5. The van der Waals surface area contributed by atoms with E-state index in [1.54, 1.807) is 14.2 Å². The van der Waals surface area contributed by atoms with E-state index >= 15 is 0 Å². The van der Waals surface area contributed by atoms with Gasteiger partial charge in [0.2, 0.25) is 5.89 Å². The van der Waals surface area contributed by atoms with E-state index in [0.717, 1.165) is 6.42 Å². The second-order valence-corrected chi connectivity index (χ2v) is 4.96. The zero-order chi connectivity index (χ0) is 13.8. The largest absolute Gasteiger partial charge is 0.496 e. The second kappa shape index (κ2) is 6.06. The number of methoxy groups -OCH3 is 2. The van der Waals surface area contributed by atoms with Crippen molar-refractivity contribution in [3.63, 3.8) is 0 Å². The zero-order valence-electron chi connectivity index (χ0n) is 11.0. The van der Waals surface area contributed by atoms with Gasteiger partial charge in [-0.2, -0.15) is 0 Å². The van der Waals surface area contributed by atoms with E-state index in [-0.39, 0.29) is 4.83 Å². The topological polar surface area (TPSA) is 57.4 Å². The number of hydrogen-bond donors (Lipinski definition) is 0. The molecular weight excluding hydrogens is 312 g/mol. The molecular formula is C13H15BrN2O3. The Balaban J connectivity index is 2.48. The van der Waals surface area contributed by atoms with Crippen LogP contribution in [0, 0.1) is 0 Å². The molecule has 5 nitrogen and oxygen atoms in total. The van der Waals surface area contributed by atoms with Crippen molar-refractivity contribution in [1.82, 2.24) is 10.2 Å². The van der Waals surface area contributed by atoms with Crippen molar-refractivity contribution in [2.75, 3.05) is 14.2 Å². The SMILES string of the molecule is CCC(Br)c1nnc(-c2c(OC)cccc2OC)o1. The van der Waals surface area contributed by atoms with Gasteiger partial charge >= 0.3 is 0 Å². The third-order valence-corrected chi connectivity index (χ3v) is 3.75. The first-order valence-corrected chi connectivity index (χ1v) is 6.81. The van der Waals surface area contributed by atoms with Crippen LogP contribution in [-0.4, -0.2) is 24.4 Å². The van der Waals surface area contributed by atoms with Crippen LogP contribution in [0.5, 0.6) is 11.5 Å². The van der Waals surface area contributed by atoms with Gasteiger partial charge in [-0.15, -0.1) is 10.2 Å². The number of halogens is 1. The summed E-state index contributed by atoms with van der Waals surface area (Å²) in [6.07, 6.45) is 0.866. The molecule has 6 heteroatoms. The maximum absolute atomic E-state index is 5.68. The molecule has 1 heterocycles. The monoisotopic (exact) mass is 326 g/mol. The summed E-state index contributed by atoms with van der Waals surface area (Å²) >= 11 is 3.48. The Kier molecular flexibility index (Phi) is 4.42. The highest BCUT2D eigenvalue weighted by Gasteiger charge is 2.20. The third kappa shape index (κ3) is 2.73. The summed E-state index contributed by atoms with van der Waals surface area (Å²) in [7, 11) is 3.18. The van der Waals surface area contributed by atoms with Crippen molar-refractivity contribution < 1.29 is 13.9 Å². The highest BCUT2D eigenvalue weighted by Crippen LogP contribution is 2.38. The van der Waals surface area contributed by atoms with Gasteiger partial charge in [0.1, 0.15) is 17.1 Å². The molecule has 0 amide bonds. The Morgan fingerprint density at radius 1 is 1.21 bits per heavy atom. The number of benzene rings is 1. The van der Waals surface area contributed by atoms with Crippen molar-refractivity contribution in [3.8, 4) is 23.0 Å². The van der Waals surface area contributed by atoms with Crippen molar-refractivity contribution in [2.24, 2.45) is 0 Å². The summed E-state index contributed by atoms with van der Waals surface area (Å²) in [5, 5.41) is 8.11. The lowest BCUT2D eigenvalue weighted by Crippen LogP contribution is -1.93. The summed E-state index contributed by atoms with van der Waals surface area (Å²) in [4.78, 5) is 0.0504. The molecule has 1 aromatic carbocycles. The molecule has 0 fully saturated rings. The molecule has 0 radical (unpaired) electrons. The summed E-state index contributed by atoms with van der Waals surface area (Å²) in [5.41, 5.74) is 0.669. The van der Waals surface area contributed by atoms with Crippen LogP contribution in [0.15, 0.2) is 22.6 Å². The smallest absolute Gasteiger partial charge is 0.255 e. The fourth-order valence-corrected chi connectivity index (χ4v) is 1.88. The van der Waals surface area contributed by atoms with Gasteiger partial charge in [-0.1, -0.05) is 28.9 Å². The standard InChI is InChI=1S/C13H15BrN2O3/c1-4-8(14)12-15-16-13(19-12)11-9(17-2)6-5-7-10(11)18-3/h5-8H,4H2,1-3H3. The van der Waals surface area contributed by atoms with Gasteiger partial charge < -0.3 is 13.9 Å². The first-order chi connectivity index (χ1) is 9.21. The van der Waals surface area contributed by atoms with Crippen LogP contribution in [0.3, 0.4) is 0 Å². The highest BCUT2D eigenvalue weighted by atomic mass is 79.9. The molecule has 0 N–H and O–H groups in total. The van der Waals surface area contributed by atoms with Crippen LogP contribution in [0.1, 0.15) is 24.1 Å². The maximum atomic E-state index is 5.68. The lowest BCUT2D eigenvalue weighted by Gasteiger charge is -2.09. The van der Waals surface area contributed by atoms with E-state index in [9.17, 15) is 0 Å². The lowest BCUT2D eigenvalue weighted by molar-refractivity contribution is 0.393. The fourth-order valence-electron chi connectivity index (χ4n) is 1.70. The predicted octanol–water partition coefficient (Wildman–Crippen LogP) is 3.60. The van der Waals surface area contributed by atoms with Crippen LogP contribution >= 0.6 is 15.9 Å². The highest BCUT2D eigenvalue weighted by molar-refractivity contribution is 9.09. The molecule has 0 aliphatic rings. The zero-order valence-corrected chi connectivity index (χ0v) is 12.6. The Morgan fingerprint density at radius 2 is 1.84 bits per heavy atom. The van der Waals surface area contributed by atoms with Crippen LogP contribution in [0.25, 0.3) is 11.5 Å². The van der Waals surface area contributed by atoms with Crippen LogP contribution in [0.2, 0.25) is 0 Å². The van der Waals surface area contributed by atoms with E-state index in [1.807, 2.05) is 25.1 Å². The van der Waals surface area contributed by atoms with E-state index in [4.69, 9.17) is 13.9 Å². The Bertz CT molecular complexity index is 534. The van der Waals surface area contributed by atoms with E-state index in [0.29, 0.717) is 28.8 Å². The molecule has 0 saturated carbocycles. The number of nitrogens with zero attached hydrogens (tertiary/aromatic N) is 2. The average Bonchev–Trinajstić information content (AvgIpc) is 2.94. The molecule has 0 saturated heterocycles. The normalized spacial score (nSPS) is 12.2. The quantitative estimate of drug-likeness (QED) is 0.786. The lowest BCUT2D eigenvalue weighted by atomic mass is 10.2. The Morgan fingerprint density at radius 3 is 2.37 bits per heavy atom. The van der Waals surface area contributed by atoms with E-state index in [1.165, 1.54) is 0 Å². The minimum Gasteiger partial charge on any atom is -0.496 e. The third-order valence-electron chi connectivity index (χ3n) is 2.71. The molecule has 19 heavy (non-hydrogen) atoms. The summed E-state index contributed by atoms with van der Waals surface area (Å²) in [6.45, 7) is 2.03. The molecule has 1 unspecified atom stereocenters. The molecule has 0 bridgehead atoms.